The van der Waals surface area contributed by atoms with Gasteiger partial charge in [0.2, 0.25) is 0 Å². The monoisotopic (exact) mass is 162 g/mol. The third-order valence-electron chi connectivity index (χ3n) is 1.94. The number of fused-ring (bicyclic) bond motifs is 1. The van der Waals surface area contributed by atoms with Crippen molar-refractivity contribution in [1.82, 2.24) is 0 Å². The van der Waals surface area contributed by atoms with E-state index in [0.29, 0.717) is 0 Å². The predicted molar refractivity (Wildman–Crippen MR) is 51.3 cm³/mol. The number of rotatable bonds is 0. The van der Waals surface area contributed by atoms with Crippen molar-refractivity contribution in [2.75, 3.05) is 0 Å². The average Bonchev–Trinajstić information content (AvgIpc) is 2.34. The third-order valence-corrected chi connectivity index (χ3v) is 2.71. The highest BCUT2D eigenvalue weighted by atomic mass is 32.1. The van der Waals surface area contributed by atoms with Gasteiger partial charge >= 0.3 is 0 Å². The Bertz CT molecular complexity index is 385. The molecule has 0 saturated carbocycles. The Morgan fingerprint density at radius 1 is 1.09 bits per heavy atom. The first-order valence-corrected chi connectivity index (χ1v) is 4.65. The van der Waals surface area contributed by atoms with Gasteiger partial charge in [-0.1, -0.05) is 17.7 Å². The lowest BCUT2D eigenvalue weighted by atomic mass is 10.1. The van der Waals surface area contributed by atoms with E-state index >= 15 is 0 Å². The number of aryl methyl sites for hydroxylation is 2. The molecule has 0 N–H and O–H groups in total. The summed E-state index contributed by atoms with van der Waals surface area (Å²) in [4.78, 5) is 0. The third kappa shape index (κ3) is 1.05. The molecule has 0 amide bonds. The van der Waals surface area contributed by atoms with E-state index in [4.69, 9.17) is 0 Å². The summed E-state index contributed by atoms with van der Waals surface area (Å²) in [6.07, 6.45) is 0. The topological polar surface area (TPSA) is 0 Å². The van der Waals surface area contributed by atoms with Crippen LogP contribution in [0.5, 0.6) is 0 Å². The summed E-state index contributed by atoms with van der Waals surface area (Å²) in [5.41, 5.74) is 2.75. The highest BCUT2D eigenvalue weighted by Crippen LogP contribution is 2.23. The first-order valence-electron chi connectivity index (χ1n) is 3.70. The van der Waals surface area contributed by atoms with E-state index in [1.54, 1.807) is 11.3 Å². The largest absolute Gasteiger partial charge is 0.151 e. The molecule has 1 aromatic heterocycles. The number of hydrogen-bond acceptors (Lipinski definition) is 1. The molecule has 0 aliphatic heterocycles. The van der Waals surface area contributed by atoms with Crippen molar-refractivity contribution < 1.29 is 0 Å². The second-order valence-corrected chi connectivity index (χ2v) is 3.70. The van der Waals surface area contributed by atoms with Crippen LogP contribution in [0.2, 0.25) is 0 Å². The molecule has 2 aromatic rings. The van der Waals surface area contributed by atoms with Gasteiger partial charge < -0.3 is 0 Å². The van der Waals surface area contributed by atoms with Crippen molar-refractivity contribution in [2.45, 2.75) is 13.8 Å². The van der Waals surface area contributed by atoms with Gasteiger partial charge in [-0.25, -0.2) is 0 Å². The Morgan fingerprint density at radius 2 is 1.91 bits per heavy atom. The van der Waals surface area contributed by atoms with Gasteiger partial charge in [-0.2, -0.15) is 11.3 Å². The van der Waals surface area contributed by atoms with Crippen molar-refractivity contribution in [3.8, 4) is 0 Å². The molecule has 1 heterocycles. The van der Waals surface area contributed by atoms with Gasteiger partial charge in [0.1, 0.15) is 0 Å². The summed E-state index contributed by atoms with van der Waals surface area (Å²) in [7, 11) is 0. The molecule has 2 rings (SSSR count). The van der Waals surface area contributed by atoms with Crippen molar-refractivity contribution in [3.63, 3.8) is 0 Å². The lowest BCUT2D eigenvalue weighted by Gasteiger charge is -1.97. The molecule has 56 valence electrons. The fourth-order valence-corrected chi connectivity index (χ4v) is 2.31. The maximum Gasteiger partial charge on any atom is -0.00118 e. The van der Waals surface area contributed by atoms with E-state index in [1.807, 2.05) is 0 Å². The molecule has 0 saturated heterocycles. The fraction of sp³-hybridized carbons (Fsp3) is 0.200. The molecule has 0 bridgehead atoms. The molecular weight excluding hydrogens is 152 g/mol. The zero-order valence-electron chi connectivity index (χ0n) is 6.72. The summed E-state index contributed by atoms with van der Waals surface area (Å²) in [6, 6.07) is 4.47. The van der Waals surface area contributed by atoms with Crippen LogP contribution in [0.4, 0.5) is 0 Å². The van der Waals surface area contributed by atoms with Gasteiger partial charge in [-0.05, 0) is 40.9 Å². The van der Waals surface area contributed by atoms with Crippen molar-refractivity contribution in [2.24, 2.45) is 0 Å². The molecule has 0 fully saturated rings. The van der Waals surface area contributed by atoms with E-state index in [0.717, 1.165) is 0 Å². The van der Waals surface area contributed by atoms with Crippen LogP contribution in [0, 0.1) is 13.8 Å². The average molecular weight is 162 g/mol. The van der Waals surface area contributed by atoms with Gasteiger partial charge in [0.05, 0.1) is 0 Å². The highest BCUT2D eigenvalue weighted by molar-refractivity contribution is 7.09. The van der Waals surface area contributed by atoms with Crippen molar-refractivity contribution in [1.29, 1.82) is 0 Å². The zero-order chi connectivity index (χ0) is 7.84. The van der Waals surface area contributed by atoms with E-state index in [1.165, 1.54) is 21.9 Å². The molecule has 0 spiro atoms. The Kier molecular flexibility index (Phi) is 1.46. The minimum Gasteiger partial charge on any atom is -0.151 e. The maximum atomic E-state index is 2.23. The van der Waals surface area contributed by atoms with E-state index in [9.17, 15) is 0 Å². The summed E-state index contributed by atoms with van der Waals surface area (Å²) in [6.45, 7) is 4.31. The summed E-state index contributed by atoms with van der Waals surface area (Å²) in [5, 5.41) is 7.20. The van der Waals surface area contributed by atoms with E-state index < -0.39 is 0 Å². The molecule has 0 unspecified atom stereocenters. The van der Waals surface area contributed by atoms with Gasteiger partial charge in [0.25, 0.3) is 0 Å². The van der Waals surface area contributed by atoms with Gasteiger partial charge in [-0.3, -0.25) is 0 Å². The van der Waals surface area contributed by atoms with Crippen LogP contribution in [0.3, 0.4) is 0 Å². The minimum atomic E-state index is 1.36. The smallest absolute Gasteiger partial charge is 0.00118 e. The van der Waals surface area contributed by atoms with Gasteiger partial charge in [0.15, 0.2) is 0 Å². The molecule has 0 atom stereocenters. The van der Waals surface area contributed by atoms with Crippen LogP contribution >= 0.6 is 11.3 Å². The second kappa shape index (κ2) is 2.35. The summed E-state index contributed by atoms with van der Waals surface area (Å²) >= 11 is 1.78. The number of benzene rings is 1. The lowest BCUT2D eigenvalue weighted by Crippen LogP contribution is -1.76. The molecule has 0 nitrogen and oxygen atoms in total. The van der Waals surface area contributed by atoms with Crippen LogP contribution in [-0.2, 0) is 0 Å². The SMILES string of the molecule is Cc1cc(C)c2cscc2c1. The van der Waals surface area contributed by atoms with Crippen LogP contribution < -0.4 is 0 Å². The highest BCUT2D eigenvalue weighted by Gasteiger charge is 1.97. The Hall–Kier alpha value is -0.820. The quantitative estimate of drug-likeness (QED) is 0.556. The first-order chi connectivity index (χ1) is 5.27. The number of thiophene rings is 1. The molecule has 0 radical (unpaired) electrons. The fourth-order valence-electron chi connectivity index (χ4n) is 1.45. The summed E-state index contributed by atoms with van der Waals surface area (Å²) in [5.74, 6) is 0. The van der Waals surface area contributed by atoms with Crippen LogP contribution in [0.1, 0.15) is 11.1 Å². The van der Waals surface area contributed by atoms with E-state index in [2.05, 4.69) is 36.7 Å². The standard InChI is InChI=1S/C10H10S/c1-7-3-8(2)10-6-11-5-9(10)4-7/h3-6H,1-2H3. The van der Waals surface area contributed by atoms with Crippen molar-refractivity contribution >= 4 is 22.1 Å². The Balaban J connectivity index is 2.91. The first kappa shape index (κ1) is 6.86. The molecule has 1 aromatic carbocycles. The molecular formula is C10H10S. The number of hydrogen-bond donors (Lipinski definition) is 0. The summed E-state index contributed by atoms with van der Waals surface area (Å²) < 4.78 is 0. The van der Waals surface area contributed by atoms with Crippen molar-refractivity contribution in [3.05, 3.63) is 34.0 Å². The molecule has 0 aliphatic rings. The lowest BCUT2D eigenvalue weighted by molar-refractivity contribution is 1.44. The van der Waals surface area contributed by atoms with Gasteiger partial charge in [-0.15, -0.1) is 0 Å². The van der Waals surface area contributed by atoms with Crippen LogP contribution in [0.15, 0.2) is 22.9 Å². The predicted octanol–water partition coefficient (Wildman–Crippen LogP) is 3.52. The maximum absolute atomic E-state index is 2.23. The van der Waals surface area contributed by atoms with Crippen LogP contribution in [0.25, 0.3) is 10.8 Å². The van der Waals surface area contributed by atoms with E-state index in [-0.39, 0.29) is 0 Å². The molecule has 0 aliphatic carbocycles. The molecule has 1 heteroatoms. The second-order valence-electron chi connectivity index (χ2n) is 2.96. The Morgan fingerprint density at radius 3 is 2.73 bits per heavy atom. The zero-order valence-corrected chi connectivity index (χ0v) is 7.53. The minimum absolute atomic E-state index is 1.36. The Labute approximate surface area is 70.5 Å². The molecule has 11 heavy (non-hydrogen) atoms. The van der Waals surface area contributed by atoms with Gasteiger partial charge in [0, 0.05) is 0 Å². The van der Waals surface area contributed by atoms with Crippen LogP contribution in [-0.4, -0.2) is 0 Å². The normalized spacial score (nSPS) is 10.7.